The molecular weight excluding hydrogens is 690 g/mol. The highest BCUT2D eigenvalue weighted by Crippen LogP contribution is 2.45. The number of nitrogens with zero attached hydrogens (tertiary/aromatic N) is 3. The van der Waals surface area contributed by atoms with Gasteiger partial charge in [-0.25, -0.2) is 19.6 Å². The van der Waals surface area contributed by atoms with E-state index in [1.165, 1.54) is 12.0 Å². The first-order chi connectivity index (χ1) is 25.1. The summed E-state index contributed by atoms with van der Waals surface area (Å²) in [4.78, 5) is 64.6. The summed E-state index contributed by atoms with van der Waals surface area (Å²) in [6, 6.07) is 3.10. The van der Waals surface area contributed by atoms with Crippen molar-refractivity contribution >= 4 is 46.5 Å². The fraction of sp³-hybridized carbons (Fsp3) is 0.579. The standard InChI is InChI=1S/C38H48ClN5O8/c1-3-4-8-12-23-13-11-16-31(23)52-37(49)42-28-15-10-7-5-6-9-14-24-21-38(24,36(47)48)43-33(45)30-20-26(22-44(30)35(28)46)51-34-32(39)40-27-18-17-25(50-2)19-29(27)41-34/h3,9,14,17-19,23-24,26,28,30-31H,1,4-8,10-13,15-16,20-22H2,2H3,(H,42,49)(H,43,45)(H,47,48)/b14-9-/t23-,24-,26-,28+,30+,31-,38-/m1/s1. The normalized spacial score (nSPS) is 29.8. The molecule has 4 aliphatic rings. The number of carbonyl (C=O) groups excluding carboxylic acids is 3. The van der Waals surface area contributed by atoms with Crippen LogP contribution in [0.3, 0.4) is 0 Å². The largest absolute Gasteiger partial charge is 0.497 e. The number of alkyl carbamates (subject to hydrolysis) is 1. The Labute approximate surface area is 308 Å². The van der Waals surface area contributed by atoms with Gasteiger partial charge in [-0.15, -0.1) is 6.58 Å². The maximum absolute atomic E-state index is 14.5. The van der Waals surface area contributed by atoms with Crippen LogP contribution in [0.15, 0.2) is 43.0 Å². The van der Waals surface area contributed by atoms with E-state index >= 15 is 0 Å². The molecule has 2 aromatic rings. The van der Waals surface area contributed by atoms with Crippen molar-refractivity contribution in [1.29, 1.82) is 0 Å². The Kier molecular flexibility index (Phi) is 11.9. The molecular formula is C38H48ClN5O8. The molecule has 7 atom stereocenters. The predicted molar refractivity (Wildman–Crippen MR) is 193 cm³/mol. The Morgan fingerprint density at radius 3 is 2.79 bits per heavy atom. The van der Waals surface area contributed by atoms with Crippen LogP contribution in [-0.2, 0) is 19.1 Å². The second-order valence-electron chi connectivity index (χ2n) is 14.3. The number of hydrogen-bond acceptors (Lipinski definition) is 9. The molecule has 3 fully saturated rings. The molecule has 3 N–H and O–H groups in total. The highest BCUT2D eigenvalue weighted by Gasteiger charge is 2.61. The van der Waals surface area contributed by atoms with Crippen LogP contribution in [0.5, 0.6) is 11.6 Å². The monoisotopic (exact) mass is 737 g/mol. The second kappa shape index (κ2) is 16.5. The third-order valence-corrected chi connectivity index (χ3v) is 11.1. The summed E-state index contributed by atoms with van der Waals surface area (Å²) in [6.07, 6.45) is 13.3. The molecule has 1 aromatic carbocycles. The number of fused-ring (bicyclic) bond motifs is 3. The Morgan fingerprint density at radius 1 is 1.15 bits per heavy atom. The lowest BCUT2D eigenvalue weighted by atomic mass is 9.98. The van der Waals surface area contributed by atoms with Crippen LogP contribution < -0.4 is 20.1 Å². The third kappa shape index (κ3) is 8.46. The van der Waals surface area contributed by atoms with Crippen molar-refractivity contribution in [3.63, 3.8) is 0 Å². The van der Waals surface area contributed by atoms with Crippen LogP contribution in [0.2, 0.25) is 5.15 Å². The molecule has 2 aliphatic carbocycles. The number of ether oxygens (including phenoxy) is 3. The number of aliphatic carboxylic acids is 1. The number of methoxy groups -OCH3 is 1. The molecule has 3 heterocycles. The van der Waals surface area contributed by atoms with Gasteiger partial charge < -0.3 is 34.9 Å². The number of halogens is 1. The highest BCUT2D eigenvalue weighted by atomic mass is 35.5. The van der Waals surface area contributed by atoms with Crippen LogP contribution in [-0.4, -0.2) is 87.3 Å². The Bertz CT molecular complexity index is 1700. The number of rotatable bonds is 10. The van der Waals surface area contributed by atoms with Crippen molar-refractivity contribution in [3.8, 4) is 11.6 Å². The topological polar surface area (TPSA) is 169 Å². The highest BCUT2D eigenvalue weighted by molar-refractivity contribution is 6.31. The number of amides is 3. The van der Waals surface area contributed by atoms with Gasteiger partial charge >= 0.3 is 12.1 Å². The van der Waals surface area contributed by atoms with Crippen molar-refractivity contribution in [2.45, 2.75) is 113 Å². The summed E-state index contributed by atoms with van der Waals surface area (Å²) in [6.45, 7) is 3.77. The van der Waals surface area contributed by atoms with Crippen molar-refractivity contribution < 1.29 is 38.5 Å². The lowest BCUT2D eigenvalue weighted by molar-refractivity contribution is -0.145. The lowest BCUT2D eigenvalue weighted by Gasteiger charge is -2.30. The van der Waals surface area contributed by atoms with Gasteiger partial charge in [0.25, 0.3) is 5.88 Å². The molecule has 2 aliphatic heterocycles. The maximum Gasteiger partial charge on any atom is 0.408 e. The SMILES string of the molecule is C=CCCC[C@@H]1CCC[C@H]1OC(=O)N[C@H]1CCCCC/C=C\[C@@H]2C[C@@]2(C(=O)O)NC(=O)[C@@H]2C[C@@H](Oc3nc4cc(OC)ccc4nc3Cl)CN2C1=O. The summed E-state index contributed by atoms with van der Waals surface area (Å²) in [5.41, 5.74) is -0.455. The van der Waals surface area contributed by atoms with E-state index < -0.39 is 47.6 Å². The number of carboxylic acid groups (broad SMARTS) is 1. The van der Waals surface area contributed by atoms with E-state index in [1.807, 2.05) is 18.2 Å². The molecule has 2 saturated carbocycles. The Morgan fingerprint density at radius 2 is 2.00 bits per heavy atom. The summed E-state index contributed by atoms with van der Waals surface area (Å²) in [5.74, 6) is -1.72. The summed E-state index contributed by atoms with van der Waals surface area (Å²) < 4.78 is 17.5. The average molecular weight is 738 g/mol. The van der Waals surface area contributed by atoms with E-state index in [4.69, 9.17) is 25.8 Å². The quantitative estimate of drug-likeness (QED) is 0.202. The first-order valence-electron chi connectivity index (χ1n) is 18.4. The molecule has 52 heavy (non-hydrogen) atoms. The minimum Gasteiger partial charge on any atom is -0.497 e. The van der Waals surface area contributed by atoms with Crippen molar-refractivity contribution in [3.05, 3.63) is 48.2 Å². The van der Waals surface area contributed by atoms with E-state index in [2.05, 4.69) is 27.2 Å². The molecule has 13 nitrogen and oxygen atoms in total. The first kappa shape index (κ1) is 37.4. The van der Waals surface area contributed by atoms with Gasteiger partial charge in [0.1, 0.15) is 35.6 Å². The smallest absolute Gasteiger partial charge is 0.408 e. The minimum absolute atomic E-state index is 0.00680. The van der Waals surface area contributed by atoms with Gasteiger partial charge in [0.05, 0.1) is 24.7 Å². The number of benzene rings is 1. The molecule has 0 spiro atoms. The molecule has 6 rings (SSSR count). The molecule has 0 radical (unpaired) electrons. The van der Waals surface area contributed by atoms with Crippen molar-refractivity contribution in [2.75, 3.05) is 13.7 Å². The van der Waals surface area contributed by atoms with Crippen LogP contribution in [0, 0.1) is 11.8 Å². The second-order valence-corrected chi connectivity index (χ2v) is 14.7. The van der Waals surface area contributed by atoms with Gasteiger partial charge in [-0.1, -0.05) is 42.7 Å². The summed E-state index contributed by atoms with van der Waals surface area (Å²) in [5, 5.41) is 15.8. The molecule has 1 saturated heterocycles. The zero-order valence-electron chi connectivity index (χ0n) is 29.6. The average Bonchev–Trinajstić information content (AvgIpc) is 3.40. The first-order valence-corrected chi connectivity index (χ1v) is 18.8. The number of hydrogen-bond donors (Lipinski definition) is 3. The minimum atomic E-state index is -1.46. The number of aromatic nitrogens is 2. The number of unbranched alkanes of at least 4 members (excludes halogenated alkanes) is 1. The van der Waals surface area contributed by atoms with Gasteiger partial charge in [-0.2, -0.15) is 0 Å². The van der Waals surface area contributed by atoms with Crippen LogP contribution in [0.4, 0.5) is 4.79 Å². The molecule has 3 amide bonds. The summed E-state index contributed by atoms with van der Waals surface area (Å²) in [7, 11) is 1.54. The van der Waals surface area contributed by atoms with E-state index in [1.54, 1.807) is 18.2 Å². The number of carboxylic acids is 1. The summed E-state index contributed by atoms with van der Waals surface area (Å²) >= 11 is 6.49. The zero-order chi connectivity index (χ0) is 36.8. The number of allylic oxidation sites excluding steroid dienone is 2. The van der Waals surface area contributed by atoms with Gasteiger partial charge in [0.2, 0.25) is 11.8 Å². The lowest BCUT2D eigenvalue weighted by Crippen LogP contribution is -2.56. The fourth-order valence-corrected chi connectivity index (χ4v) is 8.01. The number of nitrogens with one attached hydrogen (secondary N) is 2. The van der Waals surface area contributed by atoms with E-state index in [-0.39, 0.29) is 48.4 Å². The van der Waals surface area contributed by atoms with E-state index in [0.29, 0.717) is 29.6 Å². The van der Waals surface area contributed by atoms with Crippen LogP contribution >= 0.6 is 11.6 Å². The van der Waals surface area contributed by atoms with Gasteiger partial charge in [-0.05, 0) is 82.3 Å². The Hall–Kier alpha value is -4.39. The molecule has 280 valence electrons. The van der Waals surface area contributed by atoms with E-state index in [0.717, 1.165) is 57.8 Å². The fourth-order valence-electron chi connectivity index (χ4n) is 7.83. The molecule has 0 unspecified atom stereocenters. The van der Waals surface area contributed by atoms with Crippen molar-refractivity contribution in [1.82, 2.24) is 25.5 Å². The van der Waals surface area contributed by atoms with Gasteiger partial charge in [0.15, 0.2) is 5.15 Å². The van der Waals surface area contributed by atoms with Crippen LogP contribution in [0.25, 0.3) is 11.0 Å². The van der Waals surface area contributed by atoms with Crippen molar-refractivity contribution in [2.24, 2.45) is 11.8 Å². The predicted octanol–water partition coefficient (Wildman–Crippen LogP) is 5.74. The zero-order valence-corrected chi connectivity index (χ0v) is 30.3. The molecule has 0 bridgehead atoms. The Balaban J connectivity index is 1.24. The van der Waals surface area contributed by atoms with E-state index in [9.17, 15) is 24.3 Å². The third-order valence-electron chi connectivity index (χ3n) is 10.8. The van der Waals surface area contributed by atoms with Gasteiger partial charge in [-0.3, -0.25) is 9.59 Å². The molecule has 1 aromatic heterocycles. The van der Waals surface area contributed by atoms with Crippen LogP contribution in [0.1, 0.15) is 83.5 Å². The molecule has 14 heteroatoms. The maximum atomic E-state index is 14.5. The number of carbonyl (C=O) groups is 4. The van der Waals surface area contributed by atoms with Gasteiger partial charge in [0, 0.05) is 18.4 Å².